The lowest BCUT2D eigenvalue weighted by atomic mass is 10.1. The van der Waals surface area contributed by atoms with Crippen LogP contribution in [0.2, 0.25) is 0 Å². The van der Waals surface area contributed by atoms with E-state index in [0.29, 0.717) is 39.6 Å². The van der Waals surface area contributed by atoms with Gasteiger partial charge in [0.2, 0.25) is 0 Å². The van der Waals surface area contributed by atoms with E-state index >= 15 is 0 Å². The van der Waals surface area contributed by atoms with Crippen molar-refractivity contribution >= 4 is 29.9 Å². The summed E-state index contributed by atoms with van der Waals surface area (Å²) >= 11 is 1.34. The zero-order chi connectivity index (χ0) is 19.9. The molecule has 5 nitrogen and oxygen atoms in total. The summed E-state index contributed by atoms with van der Waals surface area (Å²) in [6.07, 6.45) is 6.07. The number of benzene rings is 2. The molecule has 2 aromatic carbocycles. The predicted octanol–water partition coefficient (Wildman–Crippen LogP) is 4.61. The molecule has 6 heteroatoms. The third-order valence-electron chi connectivity index (χ3n) is 3.84. The van der Waals surface area contributed by atoms with E-state index in [1.54, 1.807) is 0 Å². The summed E-state index contributed by atoms with van der Waals surface area (Å²) in [6, 6.07) is 16.3. The average Bonchev–Trinajstić information content (AvgIpc) is 2.75. The SMILES string of the molecule is CNc1ccc(/C=C/c2ccc(OCCOCCOCCOSC)cc2)cc1. The Balaban J connectivity index is 1.60. The van der Waals surface area contributed by atoms with Crippen LogP contribution in [-0.2, 0) is 13.7 Å². The first kappa shape index (κ1) is 22.3. The molecule has 0 radical (unpaired) electrons. The fourth-order valence-corrected chi connectivity index (χ4v) is 2.58. The monoisotopic (exact) mass is 403 g/mol. The normalized spacial score (nSPS) is 11.1. The zero-order valence-electron chi connectivity index (χ0n) is 16.6. The minimum Gasteiger partial charge on any atom is -0.491 e. The van der Waals surface area contributed by atoms with Crippen LogP contribution in [0.3, 0.4) is 0 Å². The highest BCUT2D eigenvalue weighted by Crippen LogP contribution is 2.15. The Kier molecular flexibility index (Phi) is 11.2. The standard InChI is InChI=1S/C22H29NO4S/c1-23-21-9-5-19(6-10-21)3-4-20-7-11-22(12-8-20)26-17-15-24-13-14-25-16-18-27-28-2/h3-12,23H,13-18H2,1-2H3/b4-3+. The Morgan fingerprint density at radius 2 is 1.29 bits per heavy atom. The number of anilines is 1. The van der Waals surface area contributed by atoms with Crippen LogP contribution in [-0.4, -0.2) is 52.9 Å². The van der Waals surface area contributed by atoms with Crippen LogP contribution in [0.15, 0.2) is 48.5 Å². The molecule has 1 N–H and O–H groups in total. The first-order valence-corrected chi connectivity index (χ1v) is 10.5. The molecule has 0 aromatic heterocycles. The van der Waals surface area contributed by atoms with Crippen molar-refractivity contribution in [2.45, 2.75) is 0 Å². The van der Waals surface area contributed by atoms with E-state index in [-0.39, 0.29) is 0 Å². The fourth-order valence-electron chi connectivity index (χ4n) is 2.35. The Bertz CT molecular complexity index is 674. The van der Waals surface area contributed by atoms with Gasteiger partial charge in [0.25, 0.3) is 0 Å². The first-order valence-electron chi connectivity index (χ1n) is 9.31. The van der Waals surface area contributed by atoms with Gasteiger partial charge in [0.05, 0.1) is 33.0 Å². The van der Waals surface area contributed by atoms with Crippen molar-refractivity contribution in [1.29, 1.82) is 0 Å². The zero-order valence-corrected chi connectivity index (χ0v) is 17.4. The Morgan fingerprint density at radius 3 is 1.86 bits per heavy atom. The van der Waals surface area contributed by atoms with Gasteiger partial charge in [-0.2, -0.15) is 0 Å². The summed E-state index contributed by atoms with van der Waals surface area (Å²) in [5.74, 6) is 0.838. The van der Waals surface area contributed by atoms with Crippen LogP contribution in [0.1, 0.15) is 11.1 Å². The van der Waals surface area contributed by atoms with Gasteiger partial charge >= 0.3 is 0 Å². The third kappa shape index (κ3) is 9.28. The average molecular weight is 404 g/mol. The van der Waals surface area contributed by atoms with Gasteiger partial charge in [-0.25, -0.2) is 0 Å². The number of hydrogen-bond acceptors (Lipinski definition) is 6. The highest BCUT2D eigenvalue weighted by molar-refractivity contribution is 7.93. The van der Waals surface area contributed by atoms with E-state index in [2.05, 4.69) is 41.7 Å². The summed E-state index contributed by atoms with van der Waals surface area (Å²) in [6.45, 7) is 3.36. The summed E-state index contributed by atoms with van der Waals surface area (Å²) in [7, 11) is 1.92. The van der Waals surface area contributed by atoms with E-state index < -0.39 is 0 Å². The topological polar surface area (TPSA) is 49.0 Å². The van der Waals surface area contributed by atoms with Gasteiger partial charge in [-0.3, -0.25) is 0 Å². The molecule has 0 saturated heterocycles. The van der Waals surface area contributed by atoms with Crippen molar-refractivity contribution in [2.75, 3.05) is 58.3 Å². The molecule has 0 amide bonds. The van der Waals surface area contributed by atoms with E-state index in [9.17, 15) is 0 Å². The van der Waals surface area contributed by atoms with Crippen molar-refractivity contribution in [3.63, 3.8) is 0 Å². The number of rotatable bonds is 14. The molecular weight excluding hydrogens is 374 g/mol. The molecule has 0 spiro atoms. The van der Waals surface area contributed by atoms with Crippen molar-refractivity contribution in [1.82, 2.24) is 0 Å². The number of nitrogens with one attached hydrogen (secondary N) is 1. The van der Waals surface area contributed by atoms with E-state index in [1.807, 2.05) is 37.6 Å². The Hall–Kier alpha value is -1.99. The van der Waals surface area contributed by atoms with Gasteiger partial charge in [0.15, 0.2) is 0 Å². The molecule has 152 valence electrons. The van der Waals surface area contributed by atoms with Gasteiger partial charge in [0, 0.05) is 19.0 Å². The van der Waals surface area contributed by atoms with Gasteiger partial charge in [0.1, 0.15) is 12.4 Å². The van der Waals surface area contributed by atoms with Gasteiger partial charge < -0.3 is 23.7 Å². The Morgan fingerprint density at radius 1 is 0.750 bits per heavy atom. The van der Waals surface area contributed by atoms with Crippen molar-refractivity contribution in [3.8, 4) is 5.75 Å². The quantitative estimate of drug-likeness (QED) is 0.282. The molecule has 0 atom stereocenters. The van der Waals surface area contributed by atoms with Gasteiger partial charge in [-0.05, 0) is 47.4 Å². The second-order valence-corrected chi connectivity index (χ2v) is 6.41. The van der Waals surface area contributed by atoms with Crippen molar-refractivity contribution in [3.05, 3.63) is 59.7 Å². The van der Waals surface area contributed by atoms with Gasteiger partial charge in [-0.15, -0.1) is 0 Å². The molecule has 0 fully saturated rings. The largest absolute Gasteiger partial charge is 0.491 e. The molecule has 0 heterocycles. The number of hydrogen-bond donors (Lipinski definition) is 1. The minimum absolute atomic E-state index is 0.516. The highest BCUT2D eigenvalue weighted by Gasteiger charge is 1.96. The molecule has 0 aliphatic heterocycles. The van der Waals surface area contributed by atoms with Crippen LogP contribution in [0.4, 0.5) is 5.69 Å². The molecule has 0 aliphatic carbocycles. The van der Waals surface area contributed by atoms with Gasteiger partial charge in [-0.1, -0.05) is 36.4 Å². The molecule has 28 heavy (non-hydrogen) atoms. The summed E-state index contributed by atoms with van der Waals surface area (Å²) < 4.78 is 21.6. The van der Waals surface area contributed by atoms with E-state index in [0.717, 1.165) is 22.6 Å². The smallest absolute Gasteiger partial charge is 0.119 e. The predicted molar refractivity (Wildman–Crippen MR) is 118 cm³/mol. The van der Waals surface area contributed by atoms with Crippen LogP contribution in [0, 0.1) is 0 Å². The maximum absolute atomic E-state index is 5.69. The van der Waals surface area contributed by atoms with Crippen LogP contribution in [0.25, 0.3) is 12.2 Å². The molecule has 0 aliphatic rings. The second-order valence-electron chi connectivity index (χ2n) is 5.84. The van der Waals surface area contributed by atoms with Crippen molar-refractivity contribution in [2.24, 2.45) is 0 Å². The van der Waals surface area contributed by atoms with Crippen LogP contribution >= 0.6 is 12.0 Å². The minimum atomic E-state index is 0.516. The molecule has 0 bridgehead atoms. The molecular formula is C22H29NO4S. The summed E-state index contributed by atoms with van der Waals surface area (Å²) in [5.41, 5.74) is 3.40. The number of ether oxygens (including phenoxy) is 3. The Labute approximate surface area is 172 Å². The lowest BCUT2D eigenvalue weighted by Gasteiger charge is -2.08. The van der Waals surface area contributed by atoms with Crippen LogP contribution < -0.4 is 10.1 Å². The first-order chi connectivity index (χ1) is 13.8. The lowest BCUT2D eigenvalue weighted by molar-refractivity contribution is 0.0292. The van der Waals surface area contributed by atoms with E-state index in [4.69, 9.17) is 18.4 Å². The maximum Gasteiger partial charge on any atom is 0.119 e. The fraction of sp³-hybridized carbons (Fsp3) is 0.364. The van der Waals surface area contributed by atoms with E-state index in [1.165, 1.54) is 12.0 Å². The highest BCUT2D eigenvalue weighted by atomic mass is 32.2. The van der Waals surface area contributed by atoms with Crippen LogP contribution in [0.5, 0.6) is 5.75 Å². The lowest BCUT2D eigenvalue weighted by Crippen LogP contribution is -2.12. The molecule has 2 aromatic rings. The maximum atomic E-state index is 5.69. The molecule has 0 saturated carbocycles. The second kappa shape index (κ2) is 14.1. The summed E-state index contributed by atoms with van der Waals surface area (Å²) in [5, 5.41) is 3.12. The molecule has 0 unspecified atom stereocenters. The van der Waals surface area contributed by atoms with Crippen molar-refractivity contribution < 1.29 is 18.4 Å². The molecule has 2 rings (SSSR count). The summed E-state index contributed by atoms with van der Waals surface area (Å²) in [4.78, 5) is 0. The third-order valence-corrected chi connectivity index (χ3v) is 4.25.